The number of rotatable bonds is 0. The molecule has 60 valence electrons. The third-order valence-corrected chi connectivity index (χ3v) is 2.16. The van der Waals surface area contributed by atoms with Crippen LogP contribution in [-0.2, 0) is 0 Å². The largest absolute Gasteiger partial charge is 0.264 e. The van der Waals surface area contributed by atoms with E-state index in [0.717, 1.165) is 15.8 Å². The number of aryl methyl sites for hydroxylation is 1. The molecular weight excluding hydrogens is 170 g/mol. The maximum atomic E-state index is 6.02. The molecule has 1 nitrogen and oxygen atoms in total. The van der Waals surface area contributed by atoms with Crippen molar-refractivity contribution in [1.82, 2.24) is 4.98 Å². The summed E-state index contributed by atoms with van der Waals surface area (Å²) in [5.74, 6) is 0. The van der Waals surface area contributed by atoms with Gasteiger partial charge in [-0.15, -0.1) is 0 Å². The van der Waals surface area contributed by atoms with E-state index in [9.17, 15) is 0 Å². The fraction of sp³-hybridized carbons (Fsp3) is 0.100. The molecular formula is C10H8ClN. The second kappa shape index (κ2) is 2.76. The normalized spacial score (nSPS) is 10.5. The van der Waals surface area contributed by atoms with Crippen LogP contribution in [0.2, 0.25) is 5.02 Å². The standard InChI is InChI=1S/C10H8ClN/c1-7-4-8-2-3-12-6-9(8)10(11)5-7/h2-6H,1H3. The van der Waals surface area contributed by atoms with Crippen LogP contribution < -0.4 is 0 Å². The maximum absolute atomic E-state index is 6.02. The van der Waals surface area contributed by atoms with Crippen LogP contribution in [0.3, 0.4) is 0 Å². The molecule has 0 fully saturated rings. The molecule has 0 saturated carbocycles. The minimum absolute atomic E-state index is 0.776. The third-order valence-electron chi connectivity index (χ3n) is 1.85. The van der Waals surface area contributed by atoms with Gasteiger partial charge in [0.25, 0.3) is 0 Å². The van der Waals surface area contributed by atoms with Gasteiger partial charge < -0.3 is 0 Å². The fourth-order valence-corrected chi connectivity index (χ4v) is 1.63. The van der Waals surface area contributed by atoms with Gasteiger partial charge in [0, 0.05) is 17.8 Å². The molecule has 0 radical (unpaired) electrons. The summed E-state index contributed by atoms with van der Waals surface area (Å²) in [7, 11) is 0. The van der Waals surface area contributed by atoms with Crippen LogP contribution in [0, 0.1) is 6.92 Å². The fourth-order valence-electron chi connectivity index (χ4n) is 1.30. The quantitative estimate of drug-likeness (QED) is 0.602. The number of pyridine rings is 1. The highest BCUT2D eigenvalue weighted by atomic mass is 35.5. The predicted octanol–water partition coefficient (Wildman–Crippen LogP) is 3.20. The predicted molar refractivity (Wildman–Crippen MR) is 51.5 cm³/mol. The lowest BCUT2D eigenvalue weighted by atomic mass is 10.1. The second-order valence-electron chi connectivity index (χ2n) is 2.84. The molecule has 1 aromatic heterocycles. The van der Waals surface area contributed by atoms with Crippen LogP contribution in [0.1, 0.15) is 5.56 Å². The number of aromatic nitrogens is 1. The van der Waals surface area contributed by atoms with E-state index in [-0.39, 0.29) is 0 Å². The van der Waals surface area contributed by atoms with Gasteiger partial charge in [0.15, 0.2) is 0 Å². The molecule has 0 atom stereocenters. The van der Waals surface area contributed by atoms with E-state index in [4.69, 9.17) is 11.6 Å². The Morgan fingerprint density at radius 3 is 3.00 bits per heavy atom. The van der Waals surface area contributed by atoms with Crippen molar-refractivity contribution in [3.63, 3.8) is 0 Å². The molecule has 2 rings (SSSR count). The summed E-state index contributed by atoms with van der Waals surface area (Å²) >= 11 is 6.02. The van der Waals surface area contributed by atoms with E-state index in [1.54, 1.807) is 12.4 Å². The first-order valence-corrected chi connectivity index (χ1v) is 4.15. The Balaban J connectivity index is 2.89. The van der Waals surface area contributed by atoms with Crippen LogP contribution in [0.15, 0.2) is 30.6 Å². The summed E-state index contributed by atoms with van der Waals surface area (Å²) in [5.41, 5.74) is 1.18. The molecule has 0 bridgehead atoms. The summed E-state index contributed by atoms with van der Waals surface area (Å²) in [5, 5.41) is 2.94. The lowest BCUT2D eigenvalue weighted by Gasteiger charge is -2.00. The minimum atomic E-state index is 0.776. The van der Waals surface area contributed by atoms with Gasteiger partial charge in [-0.25, -0.2) is 0 Å². The van der Waals surface area contributed by atoms with Crippen molar-refractivity contribution in [2.45, 2.75) is 6.92 Å². The third kappa shape index (κ3) is 1.16. The SMILES string of the molecule is Cc1cc(Cl)c2cnccc2c1. The Kier molecular flexibility index (Phi) is 1.74. The minimum Gasteiger partial charge on any atom is -0.264 e. The van der Waals surface area contributed by atoms with Crippen molar-refractivity contribution in [3.05, 3.63) is 41.2 Å². The molecule has 1 aromatic carbocycles. The van der Waals surface area contributed by atoms with E-state index in [0.29, 0.717) is 0 Å². The van der Waals surface area contributed by atoms with E-state index in [1.165, 1.54) is 5.56 Å². The Bertz CT molecular complexity index is 423. The molecule has 2 heteroatoms. The smallest absolute Gasteiger partial charge is 0.0502 e. The van der Waals surface area contributed by atoms with E-state index in [2.05, 4.69) is 11.1 Å². The average molecular weight is 178 g/mol. The molecule has 0 aliphatic carbocycles. The van der Waals surface area contributed by atoms with Crippen LogP contribution in [0.4, 0.5) is 0 Å². The van der Waals surface area contributed by atoms with Crippen molar-refractivity contribution in [2.24, 2.45) is 0 Å². The highest BCUT2D eigenvalue weighted by Crippen LogP contribution is 2.23. The van der Waals surface area contributed by atoms with Gasteiger partial charge in [-0.05, 0) is 30.0 Å². The lowest BCUT2D eigenvalue weighted by Crippen LogP contribution is -1.78. The number of fused-ring (bicyclic) bond motifs is 1. The van der Waals surface area contributed by atoms with Gasteiger partial charge in [0.2, 0.25) is 0 Å². The second-order valence-corrected chi connectivity index (χ2v) is 3.25. The Labute approximate surface area is 76.0 Å². The summed E-state index contributed by atoms with van der Waals surface area (Å²) < 4.78 is 0. The van der Waals surface area contributed by atoms with E-state index in [1.807, 2.05) is 19.1 Å². The molecule has 2 aromatic rings. The highest BCUT2D eigenvalue weighted by molar-refractivity contribution is 6.35. The monoisotopic (exact) mass is 177 g/mol. The molecule has 12 heavy (non-hydrogen) atoms. The van der Waals surface area contributed by atoms with Crippen molar-refractivity contribution in [2.75, 3.05) is 0 Å². The van der Waals surface area contributed by atoms with Gasteiger partial charge in [-0.1, -0.05) is 17.7 Å². The van der Waals surface area contributed by atoms with Gasteiger partial charge >= 0.3 is 0 Å². The first-order chi connectivity index (χ1) is 5.77. The average Bonchev–Trinajstić information content (AvgIpc) is 2.04. The molecule has 0 amide bonds. The first kappa shape index (κ1) is 7.56. The zero-order valence-electron chi connectivity index (χ0n) is 6.71. The van der Waals surface area contributed by atoms with Crippen LogP contribution in [0.25, 0.3) is 10.8 Å². The molecule has 0 unspecified atom stereocenters. The van der Waals surface area contributed by atoms with Crippen LogP contribution in [-0.4, -0.2) is 4.98 Å². The van der Waals surface area contributed by atoms with Crippen molar-refractivity contribution >= 4 is 22.4 Å². The van der Waals surface area contributed by atoms with Crippen molar-refractivity contribution in [3.8, 4) is 0 Å². The maximum Gasteiger partial charge on any atom is 0.0502 e. The van der Waals surface area contributed by atoms with E-state index >= 15 is 0 Å². The van der Waals surface area contributed by atoms with Gasteiger partial charge in [0.1, 0.15) is 0 Å². The van der Waals surface area contributed by atoms with Gasteiger partial charge in [-0.3, -0.25) is 4.98 Å². The van der Waals surface area contributed by atoms with Crippen LogP contribution >= 0.6 is 11.6 Å². The molecule has 0 aliphatic heterocycles. The summed E-state index contributed by atoms with van der Waals surface area (Å²) in [6, 6.07) is 6.02. The molecule has 0 saturated heterocycles. The number of nitrogens with zero attached hydrogens (tertiary/aromatic N) is 1. The number of hydrogen-bond donors (Lipinski definition) is 0. The Morgan fingerprint density at radius 2 is 2.17 bits per heavy atom. The van der Waals surface area contributed by atoms with Gasteiger partial charge in [0.05, 0.1) is 5.02 Å². The zero-order valence-corrected chi connectivity index (χ0v) is 7.47. The summed E-state index contributed by atoms with van der Waals surface area (Å²) in [4.78, 5) is 4.02. The number of hydrogen-bond acceptors (Lipinski definition) is 1. The number of halogens is 1. The number of benzene rings is 1. The zero-order chi connectivity index (χ0) is 8.55. The van der Waals surface area contributed by atoms with Crippen LogP contribution in [0.5, 0.6) is 0 Å². The van der Waals surface area contributed by atoms with E-state index < -0.39 is 0 Å². The van der Waals surface area contributed by atoms with Crippen molar-refractivity contribution in [1.29, 1.82) is 0 Å². The Hall–Kier alpha value is -1.08. The molecule has 1 heterocycles. The molecule has 0 N–H and O–H groups in total. The molecule has 0 aliphatic rings. The van der Waals surface area contributed by atoms with Crippen molar-refractivity contribution < 1.29 is 0 Å². The molecule has 0 spiro atoms. The lowest BCUT2D eigenvalue weighted by molar-refractivity contribution is 1.36. The topological polar surface area (TPSA) is 12.9 Å². The summed E-state index contributed by atoms with van der Waals surface area (Å²) in [6.07, 6.45) is 3.56. The Morgan fingerprint density at radius 1 is 1.33 bits per heavy atom. The first-order valence-electron chi connectivity index (χ1n) is 3.77. The highest BCUT2D eigenvalue weighted by Gasteiger charge is 1.98. The van der Waals surface area contributed by atoms with Gasteiger partial charge in [-0.2, -0.15) is 0 Å². The summed E-state index contributed by atoms with van der Waals surface area (Å²) in [6.45, 7) is 2.03.